The Kier molecular flexibility index (Phi) is 6.28. The largest absolute Gasteiger partial charge is 0.494 e. The first-order valence-electron chi connectivity index (χ1n) is 7.85. The SMILES string of the molecule is CCOc1ccc(OCCC(CN)c2ccccc2C)cc1. The van der Waals surface area contributed by atoms with Gasteiger partial charge < -0.3 is 15.2 Å². The molecule has 0 aliphatic carbocycles. The Bertz CT molecular complexity index is 566. The molecule has 3 nitrogen and oxygen atoms in total. The molecule has 0 spiro atoms. The highest BCUT2D eigenvalue weighted by Crippen LogP contribution is 2.23. The topological polar surface area (TPSA) is 44.5 Å². The lowest BCUT2D eigenvalue weighted by atomic mass is 9.92. The standard InChI is InChI=1S/C19H25NO2/c1-3-21-17-8-10-18(11-9-17)22-13-12-16(14-20)19-7-5-4-6-15(19)2/h4-11,16H,3,12-14,20H2,1-2H3. The van der Waals surface area contributed by atoms with Gasteiger partial charge in [0.25, 0.3) is 0 Å². The number of benzene rings is 2. The van der Waals surface area contributed by atoms with Crippen molar-refractivity contribution in [3.8, 4) is 11.5 Å². The van der Waals surface area contributed by atoms with Crippen molar-refractivity contribution in [3.63, 3.8) is 0 Å². The predicted octanol–water partition coefficient (Wildman–Crippen LogP) is 3.91. The zero-order chi connectivity index (χ0) is 15.8. The van der Waals surface area contributed by atoms with Crippen molar-refractivity contribution in [1.29, 1.82) is 0 Å². The maximum atomic E-state index is 5.93. The van der Waals surface area contributed by atoms with Crippen molar-refractivity contribution in [2.75, 3.05) is 19.8 Å². The Balaban J connectivity index is 1.87. The molecule has 1 unspecified atom stereocenters. The third-order valence-electron chi connectivity index (χ3n) is 3.78. The molecule has 2 rings (SSSR count). The van der Waals surface area contributed by atoms with Gasteiger partial charge >= 0.3 is 0 Å². The van der Waals surface area contributed by atoms with Gasteiger partial charge in [-0.25, -0.2) is 0 Å². The van der Waals surface area contributed by atoms with Crippen LogP contribution in [0.2, 0.25) is 0 Å². The lowest BCUT2D eigenvalue weighted by Crippen LogP contribution is -2.16. The molecule has 0 heterocycles. The molecule has 1 atom stereocenters. The Labute approximate surface area is 133 Å². The molecule has 0 fully saturated rings. The van der Waals surface area contributed by atoms with Gasteiger partial charge in [-0.3, -0.25) is 0 Å². The number of rotatable bonds is 8. The van der Waals surface area contributed by atoms with Crippen LogP contribution in [0.15, 0.2) is 48.5 Å². The zero-order valence-electron chi connectivity index (χ0n) is 13.4. The molecule has 0 radical (unpaired) electrons. The highest BCUT2D eigenvalue weighted by molar-refractivity contribution is 5.31. The van der Waals surface area contributed by atoms with Crippen molar-refractivity contribution in [2.24, 2.45) is 5.73 Å². The fraction of sp³-hybridized carbons (Fsp3) is 0.368. The molecular weight excluding hydrogens is 274 g/mol. The third kappa shape index (κ3) is 4.50. The van der Waals surface area contributed by atoms with E-state index in [4.69, 9.17) is 15.2 Å². The Hall–Kier alpha value is -2.00. The molecule has 2 N–H and O–H groups in total. The first-order valence-corrected chi connectivity index (χ1v) is 7.85. The van der Waals surface area contributed by atoms with Crippen molar-refractivity contribution >= 4 is 0 Å². The van der Waals surface area contributed by atoms with Crippen LogP contribution in [-0.2, 0) is 0 Å². The molecule has 0 saturated heterocycles. The highest BCUT2D eigenvalue weighted by Gasteiger charge is 2.12. The Morgan fingerprint density at radius 2 is 1.59 bits per heavy atom. The average molecular weight is 299 g/mol. The van der Waals surface area contributed by atoms with Crippen LogP contribution in [0, 0.1) is 6.92 Å². The van der Waals surface area contributed by atoms with Gasteiger partial charge in [-0.1, -0.05) is 24.3 Å². The molecule has 0 aliphatic rings. The van der Waals surface area contributed by atoms with E-state index in [0.29, 0.717) is 25.7 Å². The van der Waals surface area contributed by atoms with E-state index in [1.54, 1.807) is 0 Å². The second-order valence-corrected chi connectivity index (χ2v) is 5.33. The van der Waals surface area contributed by atoms with Crippen molar-refractivity contribution < 1.29 is 9.47 Å². The maximum Gasteiger partial charge on any atom is 0.119 e. The van der Waals surface area contributed by atoms with Crippen molar-refractivity contribution in [2.45, 2.75) is 26.2 Å². The number of nitrogens with two attached hydrogens (primary N) is 1. The number of aryl methyl sites for hydroxylation is 1. The fourth-order valence-corrected chi connectivity index (χ4v) is 2.56. The van der Waals surface area contributed by atoms with Gasteiger partial charge in [-0.05, 0) is 68.1 Å². The van der Waals surface area contributed by atoms with Crippen LogP contribution in [0.5, 0.6) is 11.5 Å². The predicted molar refractivity (Wildman–Crippen MR) is 90.7 cm³/mol. The van der Waals surface area contributed by atoms with Crippen LogP contribution in [-0.4, -0.2) is 19.8 Å². The monoisotopic (exact) mass is 299 g/mol. The van der Waals surface area contributed by atoms with Gasteiger partial charge in [0.2, 0.25) is 0 Å². The number of ether oxygens (including phenoxy) is 2. The van der Waals surface area contributed by atoms with E-state index >= 15 is 0 Å². The normalized spacial score (nSPS) is 12.0. The minimum Gasteiger partial charge on any atom is -0.494 e. The summed E-state index contributed by atoms with van der Waals surface area (Å²) in [6.07, 6.45) is 0.911. The summed E-state index contributed by atoms with van der Waals surface area (Å²) in [5.74, 6) is 2.07. The Morgan fingerprint density at radius 3 is 2.18 bits per heavy atom. The van der Waals surface area contributed by atoms with Crippen LogP contribution >= 0.6 is 0 Å². The molecule has 0 saturated carbocycles. The number of hydrogen-bond donors (Lipinski definition) is 1. The molecule has 0 amide bonds. The number of hydrogen-bond acceptors (Lipinski definition) is 3. The van der Waals surface area contributed by atoms with Crippen molar-refractivity contribution in [3.05, 3.63) is 59.7 Å². The highest BCUT2D eigenvalue weighted by atomic mass is 16.5. The van der Waals surface area contributed by atoms with Crippen LogP contribution in [0.1, 0.15) is 30.4 Å². The minimum absolute atomic E-state index is 0.337. The van der Waals surface area contributed by atoms with Gasteiger partial charge in [0.15, 0.2) is 0 Å². The summed E-state index contributed by atoms with van der Waals surface area (Å²) >= 11 is 0. The van der Waals surface area contributed by atoms with Gasteiger partial charge in [-0.2, -0.15) is 0 Å². The van der Waals surface area contributed by atoms with Gasteiger partial charge in [0.1, 0.15) is 11.5 Å². The summed E-state index contributed by atoms with van der Waals surface area (Å²) in [4.78, 5) is 0. The molecule has 2 aromatic carbocycles. The third-order valence-corrected chi connectivity index (χ3v) is 3.78. The Morgan fingerprint density at radius 1 is 0.955 bits per heavy atom. The zero-order valence-corrected chi connectivity index (χ0v) is 13.4. The van der Waals surface area contributed by atoms with E-state index in [9.17, 15) is 0 Å². The summed E-state index contributed by atoms with van der Waals surface area (Å²) < 4.78 is 11.2. The first-order chi connectivity index (χ1) is 10.7. The summed E-state index contributed by atoms with van der Waals surface area (Å²) in [5.41, 5.74) is 8.54. The van der Waals surface area contributed by atoms with Crippen LogP contribution in [0.4, 0.5) is 0 Å². The lowest BCUT2D eigenvalue weighted by Gasteiger charge is -2.18. The second-order valence-electron chi connectivity index (χ2n) is 5.33. The van der Waals surface area contributed by atoms with E-state index in [0.717, 1.165) is 17.9 Å². The molecule has 118 valence electrons. The summed E-state index contributed by atoms with van der Waals surface area (Å²) in [6, 6.07) is 16.2. The summed E-state index contributed by atoms with van der Waals surface area (Å²) in [5, 5.41) is 0. The second kappa shape index (κ2) is 8.44. The van der Waals surface area contributed by atoms with E-state index in [-0.39, 0.29) is 0 Å². The van der Waals surface area contributed by atoms with E-state index in [2.05, 4.69) is 31.2 Å². The van der Waals surface area contributed by atoms with Crippen LogP contribution < -0.4 is 15.2 Å². The smallest absolute Gasteiger partial charge is 0.119 e. The van der Waals surface area contributed by atoms with Gasteiger partial charge in [-0.15, -0.1) is 0 Å². The van der Waals surface area contributed by atoms with Crippen molar-refractivity contribution in [1.82, 2.24) is 0 Å². The molecule has 0 aromatic heterocycles. The molecule has 3 heteroatoms. The van der Waals surface area contributed by atoms with E-state index < -0.39 is 0 Å². The maximum absolute atomic E-state index is 5.93. The summed E-state index contributed by atoms with van der Waals surface area (Å²) in [6.45, 7) is 6.07. The minimum atomic E-state index is 0.337. The molecule has 0 aliphatic heterocycles. The molecular formula is C19H25NO2. The van der Waals surface area contributed by atoms with Crippen LogP contribution in [0.3, 0.4) is 0 Å². The van der Waals surface area contributed by atoms with Crippen LogP contribution in [0.25, 0.3) is 0 Å². The van der Waals surface area contributed by atoms with E-state index in [1.165, 1.54) is 11.1 Å². The fourth-order valence-electron chi connectivity index (χ4n) is 2.56. The average Bonchev–Trinajstić information content (AvgIpc) is 2.54. The first kappa shape index (κ1) is 16.4. The summed E-state index contributed by atoms with van der Waals surface area (Å²) in [7, 11) is 0. The lowest BCUT2D eigenvalue weighted by molar-refractivity contribution is 0.296. The molecule has 2 aromatic rings. The molecule has 0 bridgehead atoms. The van der Waals surface area contributed by atoms with E-state index in [1.807, 2.05) is 31.2 Å². The van der Waals surface area contributed by atoms with Gasteiger partial charge in [0, 0.05) is 0 Å². The van der Waals surface area contributed by atoms with Gasteiger partial charge in [0.05, 0.1) is 13.2 Å². The quantitative estimate of drug-likeness (QED) is 0.804. The molecule has 22 heavy (non-hydrogen) atoms.